The molecule has 3 rings (SSSR count). The molecule has 1 saturated heterocycles. The first kappa shape index (κ1) is 20.7. The van der Waals surface area contributed by atoms with Crippen LogP contribution < -0.4 is 14.8 Å². The van der Waals surface area contributed by atoms with Crippen LogP contribution in [0.15, 0.2) is 48.5 Å². The van der Waals surface area contributed by atoms with E-state index in [1.54, 1.807) is 31.4 Å². The van der Waals surface area contributed by atoms with Gasteiger partial charge in [-0.3, -0.25) is 9.69 Å². The van der Waals surface area contributed by atoms with E-state index in [9.17, 15) is 4.79 Å². The Morgan fingerprint density at radius 3 is 2.55 bits per heavy atom. The Morgan fingerprint density at radius 1 is 1.14 bits per heavy atom. The van der Waals surface area contributed by atoms with Crippen LogP contribution in [0.2, 0.25) is 0 Å². The van der Waals surface area contributed by atoms with Crippen LogP contribution in [0, 0.1) is 11.3 Å². The minimum atomic E-state index is -0.201. The zero-order chi connectivity index (χ0) is 20.5. The molecule has 29 heavy (non-hydrogen) atoms. The smallest absolute Gasteiger partial charge is 0.258 e. The quantitative estimate of drug-likeness (QED) is 0.745. The number of benzene rings is 2. The molecule has 1 aliphatic rings. The number of likely N-dealkylation sites (tertiary alicyclic amines) is 1. The third-order valence-corrected chi connectivity index (χ3v) is 5.19. The predicted molar refractivity (Wildman–Crippen MR) is 111 cm³/mol. The van der Waals surface area contributed by atoms with Gasteiger partial charge in [-0.25, -0.2) is 0 Å². The van der Waals surface area contributed by atoms with Gasteiger partial charge in [0.25, 0.3) is 5.91 Å². The molecule has 1 heterocycles. The van der Waals surface area contributed by atoms with E-state index < -0.39 is 0 Å². The van der Waals surface area contributed by atoms with Crippen molar-refractivity contribution in [2.75, 3.05) is 33.4 Å². The minimum absolute atomic E-state index is 0.108. The van der Waals surface area contributed by atoms with Crippen molar-refractivity contribution in [3.05, 3.63) is 59.7 Å². The molecule has 152 valence electrons. The molecule has 2 aromatic carbocycles. The Morgan fingerprint density at radius 2 is 1.86 bits per heavy atom. The number of ether oxygens (including phenoxy) is 2. The van der Waals surface area contributed by atoms with Gasteiger partial charge in [0.15, 0.2) is 6.61 Å². The van der Waals surface area contributed by atoms with Gasteiger partial charge in [0.05, 0.1) is 18.7 Å². The standard InChI is InChI=1S/C23H27N3O3/c1-28-20-11-9-18(10-12-20)21(26-13-5-2-6-14-26)16-25-23(27)17-29-22-8-4-3-7-19(22)15-24/h3-4,7-12,21H,2,5-6,13-14,16-17H2,1H3,(H,25,27). The lowest BCUT2D eigenvalue weighted by atomic mass is 10.0. The molecular formula is C23H27N3O3. The number of rotatable bonds is 8. The van der Waals surface area contributed by atoms with Crippen molar-refractivity contribution >= 4 is 5.91 Å². The zero-order valence-electron chi connectivity index (χ0n) is 16.8. The van der Waals surface area contributed by atoms with Gasteiger partial charge < -0.3 is 14.8 Å². The molecule has 1 unspecified atom stereocenters. The first-order valence-corrected chi connectivity index (χ1v) is 9.98. The molecule has 0 saturated carbocycles. The second kappa shape index (κ2) is 10.5. The molecule has 1 aliphatic heterocycles. The van der Waals surface area contributed by atoms with Gasteiger partial charge in [-0.15, -0.1) is 0 Å². The largest absolute Gasteiger partial charge is 0.497 e. The third-order valence-electron chi connectivity index (χ3n) is 5.19. The molecule has 6 nitrogen and oxygen atoms in total. The Hall–Kier alpha value is -3.04. The monoisotopic (exact) mass is 393 g/mol. The number of para-hydroxylation sites is 1. The van der Waals surface area contributed by atoms with Crippen molar-refractivity contribution in [2.45, 2.75) is 25.3 Å². The van der Waals surface area contributed by atoms with Gasteiger partial charge in [-0.05, 0) is 55.8 Å². The van der Waals surface area contributed by atoms with Crippen LogP contribution in [0.4, 0.5) is 0 Å². The van der Waals surface area contributed by atoms with E-state index in [1.807, 2.05) is 12.1 Å². The number of nitrogens with zero attached hydrogens (tertiary/aromatic N) is 2. The fourth-order valence-electron chi connectivity index (χ4n) is 3.60. The second-order valence-electron chi connectivity index (χ2n) is 7.09. The van der Waals surface area contributed by atoms with Crippen LogP contribution in [0.25, 0.3) is 0 Å². The van der Waals surface area contributed by atoms with E-state index in [0.717, 1.165) is 24.4 Å². The van der Waals surface area contributed by atoms with Crippen LogP contribution in [-0.2, 0) is 4.79 Å². The highest BCUT2D eigenvalue weighted by Crippen LogP contribution is 2.26. The van der Waals surface area contributed by atoms with Gasteiger partial charge in [0, 0.05) is 6.54 Å². The summed E-state index contributed by atoms with van der Waals surface area (Å²) in [6, 6.07) is 17.1. The summed E-state index contributed by atoms with van der Waals surface area (Å²) in [5.41, 5.74) is 1.58. The van der Waals surface area contributed by atoms with Gasteiger partial charge in [0.2, 0.25) is 0 Å². The summed E-state index contributed by atoms with van der Waals surface area (Å²) in [4.78, 5) is 14.8. The summed E-state index contributed by atoms with van der Waals surface area (Å²) in [6.07, 6.45) is 3.60. The fourth-order valence-corrected chi connectivity index (χ4v) is 3.60. The van der Waals surface area contributed by atoms with Gasteiger partial charge >= 0.3 is 0 Å². The van der Waals surface area contributed by atoms with Crippen LogP contribution >= 0.6 is 0 Å². The van der Waals surface area contributed by atoms with E-state index >= 15 is 0 Å². The Labute approximate surface area is 172 Å². The van der Waals surface area contributed by atoms with E-state index in [1.165, 1.54) is 19.3 Å². The molecule has 1 fully saturated rings. The van der Waals surface area contributed by atoms with Crippen LogP contribution in [-0.4, -0.2) is 44.2 Å². The predicted octanol–water partition coefficient (Wildman–Crippen LogP) is 3.29. The summed E-state index contributed by atoms with van der Waals surface area (Å²) < 4.78 is 10.8. The maximum atomic E-state index is 12.4. The molecule has 1 atom stereocenters. The van der Waals surface area contributed by atoms with E-state index in [-0.39, 0.29) is 18.6 Å². The Balaban J connectivity index is 1.61. The minimum Gasteiger partial charge on any atom is -0.497 e. The Kier molecular flexibility index (Phi) is 7.48. The second-order valence-corrected chi connectivity index (χ2v) is 7.09. The summed E-state index contributed by atoms with van der Waals surface area (Å²) in [5.74, 6) is 1.04. The lowest BCUT2D eigenvalue weighted by molar-refractivity contribution is -0.123. The van der Waals surface area contributed by atoms with Crippen molar-refractivity contribution in [1.29, 1.82) is 5.26 Å². The molecule has 6 heteroatoms. The van der Waals surface area contributed by atoms with E-state index in [4.69, 9.17) is 14.7 Å². The number of piperidine rings is 1. The van der Waals surface area contributed by atoms with E-state index in [0.29, 0.717) is 17.9 Å². The molecule has 1 N–H and O–H groups in total. The van der Waals surface area contributed by atoms with Crippen molar-refractivity contribution in [3.8, 4) is 17.6 Å². The first-order chi connectivity index (χ1) is 14.2. The summed E-state index contributed by atoms with van der Waals surface area (Å²) >= 11 is 0. The van der Waals surface area contributed by atoms with Crippen molar-refractivity contribution in [1.82, 2.24) is 10.2 Å². The topological polar surface area (TPSA) is 74.6 Å². The SMILES string of the molecule is COc1ccc(C(CNC(=O)COc2ccccc2C#N)N2CCCCC2)cc1. The number of nitrogens with one attached hydrogen (secondary N) is 1. The lowest BCUT2D eigenvalue weighted by Crippen LogP contribution is -2.41. The average Bonchev–Trinajstić information content (AvgIpc) is 2.79. The third kappa shape index (κ3) is 5.72. The maximum absolute atomic E-state index is 12.4. The van der Waals surface area contributed by atoms with Gasteiger partial charge in [0.1, 0.15) is 17.6 Å². The lowest BCUT2D eigenvalue weighted by Gasteiger charge is -2.35. The van der Waals surface area contributed by atoms with Crippen LogP contribution in [0.5, 0.6) is 11.5 Å². The molecule has 0 aliphatic carbocycles. The first-order valence-electron chi connectivity index (χ1n) is 9.98. The number of carbonyl (C=O) groups excluding carboxylic acids is 1. The molecule has 2 aromatic rings. The van der Waals surface area contributed by atoms with Crippen LogP contribution in [0.1, 0.15) is 36.4 Å². The van der Waals surface area contributed by atoms with Gasteiger partial charge in [-0.2, -0.15) is 5.26 Å². The molecule has 0 radical (unpaired) electrons. The summed E-state index contributed by atoms with van der Waals surface area (Å²) in [7, 11) is 1.65. The van der Waals surface area contributed by atoms with Crippen molar-refractivity contribution < 1.29 is 14.3 Å². The summed E-state index contributed by atoms with van der Waals surface area (Å²) in [6.45, 7) is 2.44. The highest BCUT2D eigenvalue weighted by molar-refractivity contribution is 5.77. The van der Waals surface area contributed by atoms with Crippen molar-refractivity contribution in [3.63, 3.8) is 0 Å². The number of amides is 1. The number of hydrogen-bond acceptors (Lipinski definition) is 5. The Bertz CT molecular complexity index is 839. The fraction of sp³-hybridized carbons (Fsp3) is 0.391. The van der Waals surface area contributed by atoms with Gasteiger partial charge in [-0.1, -0.05) is 30.7 Å². The van der Waals surface area contributed by atoms with Crippen molar-refractivity contribution in [2.24, 2.45) is 0 Å². The number of methoxy groups -OCH3 is 1. The highest BCUT2D eigenvalue weighted by atomic mass is 16.5. The molecular weight excluding hydrogens is 366 g/mol. The highest BCUT2D eigenvalue weighted by Gasteiger charge is 2.23. The number of hydrogen-bond donors (Lipinski definition) is 1. The van der Waals surface area contributed by atoms with Crippen LogP contribution in [0.3, 0.4) is 0 Å². The zero-order valence-corrected chi connectivity index (χ0v) is 16.8. The van der Waals surface area contributed by atoms with E-state index in [2.05, 4.69) is 28.4 Å². The molecule has 0 aromatic heterocycles. The normalized spacial score (nSPS) is 15.2. The molecule has 0 spiro atoms. The number of carbonyl (C=O) groups is 1. The molecule has 0 bridgehead atoms. The number of nitriles is 1. The summed E-state index contributed by atoms with van der Waals surface area (Å²) in [5, 5.41) is 12.1. The molecule has 1 amide bonds. The maximum Gasteiger partial charge on any atom is 0.258 e. The average molecular weight is 393 g/mol.